The molecule has 2 aromatic carbocycles. The summed E-state index contributed by atoms with van der Waals surface area (Å²) < 4.78 is 22.3. The topological polar surface area (TPSA) is 77.4 Å². The molecule has 140 valence electrons. The Balaban J connectivity index is 1.66. The summed E-state index contributed by atoms with van der Waals surface area (Å²) in [4.78, 5) is 0. The number of aliphatic hydroxyl groups excluding tert-OH is 2. The summed E-state index contributed by atoms with van der Waals surface area (Å²) in [7, 11) is 1.58. The van der Waals surface area contributed by atoms with Gasteiger partial charge < -0.3 is 29.2 Å². The molecule has 2 aromatic rings. The number of methoxy groups -OCH3 is 1. The van der Waals surface area contributed by atoms with Crippen LogP contribution in [0, 0.1) is 0 Å². The molecule has 6 nitrogen and oxygen atoms in total. The number of benzene rings is 2. The van der Waals surface area contributed by atoms with Crippen molar-refractivity contribution in [3.8, 4) is 11.5 Å². The predicted octanol–water partition coefficient (Wildman–Crippen LogP) is 2.13. The normalized spacial score (nSPS) is 28.5. The first kappa shape index (κ1) is 18.7. The van der Waals surface area contributed by atoms with Crippen LogP contribution in [0.2, 0.25) is 0 Å². The number of hydrogen-bond acceptors (Lipinski definition) is 6. The lowest BCUT2D eigenvalue weighted by Crippen LogP contribution is -2.59. The Morgan fingerprint density at radius 2 is 1.58 bits per heavy atom. The number of hydrogen-bond donors (Lipinski definition) is 2. The summed E-state index contributed by atoms with van der Waals surface area (Å²) in [5.74, 6) is 1.23. The van der Waals surface area contributed by atoms with Crippen molar-refractivity contribution in [1.29, 1.82) is 0 Å². The van der Waals surface area contributed by atoms with Crippen LogP contribution in [-0.2, 0) is 16.1 Å². The molecular formula is C20H24O6. The van der Waals surface area contributed by atoms with Crippen LogP contribution in [0.15, 0.2) is 54.6 Å². The van der Waals surface area contributed by atoms with Crippen LogP contribution >= 0.6 is 0 Å². The summed E-state index contributed by atoms with van der Waals surface area (Å²) in [5.41, 5.74) is 0.957. The van der Waals surface area contributed by atoms with Gasteiger partial charge in [-0.2, -0.15) is 0 Å². The molecule has 0 saturated carbocycles. The number of aliphatic hydroxyl groups is 2. The zero-order chi connectivity index (χ0) is 18.5. The summed E-state index contributed by atoms with van der Waals surface area (Å²) in [6.07, 6.45) is -4.39. The van der Waals surface area contributed by atoms with Crippen molar-refractivity contribution < 1.29 is 29.2 Å². The Bertz CT molecular complexity index is 674. The second kappa shape index (κ2) is 8.51. The maximum atomic E-state index is 10.6. The lowest BCUT2D eigenvalue weighted by Gasteiger charge is -2.41. The first-order valence-electron chi connectivity index (χ1n) is 8.56. The number of ether oxygens (including phenoxy) is 4. The van der Waals surface area contributed by atoms with Crippen LogP contribution in [0.3, 0.4) is 0 Å². The summed E-state index contributed by atoms with van der Waals surface area (Å²) in [6, 6.07) is 16.6. The fraction of sp³-hybridized carbons (Fsp3) is 0.400. The Morgan fingerprint density at radius 3 is 2.23 bits per heavy atom. The van der Waals surface area contributed by atoms with Gasteiger partial charge in [0.25, 0.3) is 0 Å². The van der Waals surface area contributed by atoms with Crippen molar-refractivity contribution in [1.82, 2.24) is 0 Å². The molecule has 0 amide bonds. The SMILES string of the molecule is COc1ccc(O[C@H]2O[C@H](C)[C@@H](O)[C@H](OCc3ccccc3)[C@@H]2O)cc1. The van der Waals surface area contributed by atoms with Crippen molar-refractivity contribution in [2.45, 2.75) is 44.2 Å². The Morgan fingerprint density at radius 1 is 0.923 bits per heavy atom. The molecule has 26 heavy (non-hydrogen) atoms. The van der Waals surface area contributed by atoms with Gasteiger partial charge in [0.1, 0.15) is 29.8 Å². The third kappa shape index (κ3) is 4.34. The van der Waals surface area contributed by atoms with Gasteiger partial charge >= 0.3 is 0 Å². The molecule has 0 aromatic heterocycles. The van der Waals surface area contributed by atoms with E-state index in [9.17, 15) is 10.2 Å². The highest BCUT2D eigenvalue weighted by Crippen LogP contribution is 2.27. The Kier molecular flexibility index (Phi) is 6.11. The average molecular weight is 360 g/mol. The predicted molar refractivity (Wildman–Crippen MR) is 95.0 cm³/mol. The second-order valence-corrected chi connectivity index (χ2v) is 6.25. The first-order valence-corrected chi connectivity index (χ1v) is 8.56. The highest BCUT2D eigenvalue weighted by molar-refractivity contribution is 5.31. The Hall–Kier alpha value is -2.12. The largest absolute Gasteiger partial charge is 0.497 e. The van der Waals surface area contributed by atoms with Gasteiger partial charge in [0.15, 0.2) is 0 Å². The molecule has 1 aliphatic heterocycles. The minimum Gasteiger partial charge on any atom is -0.497 e. The third-order valence-corrected chi connectivity index (χ3v) is 4.38. The third-order valence-electron chi connectivity index (χ3n) is 4.38. The van der Waals surface area contributed by atoms with Crippen LogP contribution in [0.25, 0.3) is 0 Å². The van der Waals surface area contributed by atoms with E-state index in [1.165, 1.54) is 0 Å². The van der Waals surface area contributed by atoms with Gasteiger partial charge in [-0.3, -0.25) is 0 Å². The maximum Gasteiger partial charge on any atom is 0.229 e. The average Bonchev–Trinajstić information content (AvgIpc) is 2.67. The van der Waals surface area contributed by atoms with E-state index >= 15 is 0 Å². The molecule has 1 saturated heterocycles. The molecule has 1 heterocycles. The fourth-order valence-corrected chi connectivity index (χ4v) is 2.85. The van der Waals surface area contributed by atoms with Gasteiger partial charge in [-0.15, -0.1) is 0 Å². The van der Waals surface area contributed by atoms with E-state index in [0.717, 1.165) is 5.56 Å². The second-order valence-electron chi connectivity index (χ2n) is 6.25. The van der Waals surface area contributed by atoms with Crippen molar-refractivity contribution in [2.75, 3.05) is 7.11 Å². The van der Waals surface area contributed by atoms with Crippen LogP contribution in [-0.4, -0.2) is 48.0 Å². The number of rotatable bonds is 6. The minimum atomic E-state index is -1.13. The zero-order valence-corrected chi connectivity index (χ0v) is 14.8. The molecule has 5 atom stereocenters. The Labute approximate surface area is 152 Å². The summed E-state index contributed by atoms with van der Waals surface area (Å²) >= 11 is 0. The first-order chi connectivity index (χ1) is 12.6. The van der Waals surface area contributed by atoms with Gasteiger partial charge in [-0.1, -0.05) is 30.3 Å². The van der Waals surface area contributed by atoms with E-state index in [4.69, 9.17) is 18.9 Å². The van der Waals surface area contributed by atoms with E-state index < -0.39 is 30.7 Å². The van der Waals surface area contributed by atoms with E-state index in [2.05, 4.69) is 0 Å². The van der Waals surface area contributed by atoms with Gasteiger partial charge in [-0.05, 0) is 36.8 Å². The monoisotopic (exact) mass is 360 g/mol. The van der Waals surface area contributed by atoms with Crippen molar-refractivity contribution in [3.63, 3.8) is 0 Å². The minimum absolute atomic E-state index is 0.279. The molecule has 2 N–H and O–H groups in total. The molecule has 0 spiro atoms. The van der Waals surface area contributed by atoms with Crippen LogP contribution in [0.4, 0.5) is 0 Å². The standard InChI is InChI=1S/C20H24O6/c1-13-17(21)19(24-12-14-6-4-3-5-7-14)18(22)20(25-13)26-16-10-8-15(23-2)9-11-16/h3-11,13,17-22H,12H2,1-2H3/t13-,17-,18+,19+,20-/m1/s1. The smallest absolute Gasteiger partial charge is 0.229 e. The molecule has 3 rings (SSSR count). The van der Waals surface area contributed by atoms with E-state index in [1.807, 2.05) is 30.3 Å². The molecule has 6 heteroatoms. The zero-order valence-electron chi connectivity index (χ0n) is 14.8. The van der Waals surface area contributed by atoms with Crippen LogP contribution in [0.5, 0.6) is 11.5 Å². The fourth-order valence-electron chi connectivity index (χ4n) is 2.85. The lowest BCUT2D eigenvalue weighted by molar-refractivity contribution is -0.279. The molecule has 0 aliphatic carbocycles. The van der Waals surface area contributed by atoms with Crippen LogP contribution in [0.1, 0.15) is 12.5 Å². The molecule has 0 bridgehead atoms. The molecule has 1 aliphatic rings. The van der Waals surface area contributed by atoms with Crippen molar-refractivity contribution in [2.24, 2.45) is 0 Å². The molecule has 0 unspecified atom stereocenters. The molecular weight excluding hydrogens is 336 g/mol. The quantitative estimate of drug-likeness (QED) is 0.822. The highest BCUT2D eigenvalue weighted by atomic mass is 16.7. The van der Waals surface area contributed by atoms with Crippen LogP contribution < -0.4 is 9.47 Å². The van der Waals surface area contributed by atoms with Gasteiger partial charge in [0.05, 0.1) is 19.8 Å². The van der Waals surface area contributed by atoms with Gasteiger partial charge in [0.2, 0.25) is 6.29 Å². The highest BCUT2D eigenvalue weighted by Gasteiger charge is 2.44. The van der Waals surface area contributed by atoms with E-state index in [-0.39, 0.29) is 6.61 Å². The lowest BCUT2D eigenvalue weighted by atomic mass is 9.99. The molecule has 1 fully saturated rings. The van der Waals surface area contributed by atoms with Gasteiger partial charge in [0, 0.05) is 0 Å². The van der Waals surface area contributed by atoms with Gasteiger partial charge in [-0.25, -0.2) is 0 Å². The van der Waals surface area contributed by atoms with Crippen molar-refractivity contribution >= 4 is 0 Å². The summed E-state index contributed by atoms with van der Waals surface area (Å²) in [6.45, 7) is 2.00. The van der Waals surface area contributed by atoms with E-state index in [1.54, 1.807) is 38.3 Å². The molecule has 0 radical (unpaired) electrons. The van der Waals surface area contributed by atoms with Crippen molar-refractivity contribution in [3.05, 3.63) is 60.2 Å². The maximum absolute atomic E-state index is 10.6. The van der Waals surface area contributed by atoms with E-state index in [0.29, 0.717) is 11.5 Å². The summed E-state index contributed by atoms with van der Waals surface area (Å²) in [5, 5.41) is 21.0.